The number of halogens is 5. The van der Waals surface area contributed by atoms with Crippen LogP contribution in [0.4, 0.5) is 32.4 Å². The van der Waals surface area contributed by atoms with E-state index in [1.54, 1.807) is 11.6 Å². The molecule has 7 nitrogen and oxygen atoms in total. The number of benzene rings is 1. The van der Waals surface area contributed by atoms with Crippen molar-refractivity contribution in [1.29, 1.82) is 0 Å². The standard InChI is InChI=1S/C19H12F5N5O2S/c20-11-5-9(29-18(30)28-8-14-25-3-4-32-14)6-12(21)16(11)31-13-1-2-26-17-15(13)10(7-27-17)19(22,23)24/h1-7H,8H2,(H,26,27)(H2,28,29,30). The zero-order chi connectivity index (χ0) is 22.9. The van der Waals surface area contributed by atoms with Gasteiger partial charge in [-0.3, -0.25) is 0 Å². The van der Waals surface area contributed by atoms with Crippen molar-refractivity contribution in [2.45, 2.75) is 12.7 Å². The van der Waals surface area contributed by atoms with E-state index in [-0.39, 0.29) is 17.9 Å². The third-order valence-electron chi connectivity index (χ3n) is 4.19. The van der Waals surface area contributed by atoms with Crippen LogP contribution in [-0.2, 0) is 12.7 Å². The second kappa shape index (κ2) is 8.42. The molecule has 0 radical (unpaired) electrons. The van der Waals surface area contributed by atoms with Crippen LogP contribution in [0.15, 0.2) is 42.2 Å². The largest absolute Gasteiger partial charge is 0.450 e. The van der Waals surface area contributed by atoms with Gasteiger partial charge in [0.05, 0.1) is 17.5 Å². The van der Waals surface area contributed by atoms with Crippen LogP contribution < -0.4 is 15.4 Å². The number of carbonyl (C=O) groups excluding carboxylic acids is 1. The van der Waals surface area contributed by atoms with E-state index in [2.05, 4.69) is 25.6 Å². The molecule has 13 heteroatoms. The van der Waals surface area contributed by atoms with E-state index in [9.17, 15) is 26.7 Å². The van der Waals surface area contributed by atoms with Crippen molar-refractivity contribution >= 4 is 34.1 Å². The van der Waals surface area contributed by atoms with Gasteiger partial charge in [0.25, 0.3) is 0 Å². The minimum absolute atomic E-state index is 0.117. The molecular weight excluding hydrogens is 457 g/mol. The van der Waals surface area contributed by atoms with Crippen LogP contribution in [0.25, 0.3) is 11.0 Å². The molecule has 3 heterocycles. The number of amides is 2. The molecule has 0 fully saturated rings. The number of ether oxygens (including phenoxy) is 1. The number of pyridine rings is 1. The SMILES string of the molecule is O=C(NCc1nccs1)Nc1cc(F)c(Oc2ccnc3[nH]cc(C(F)(F)F)c23)c(F)c1. The minimum atomic E-state index is -4.74. The molecular formula is C19H12F5N5O2S. The first-order valence-electron chi connectivity index (χ1n) is 8.86. The van der Waals surface area contributed by atoms with Crippen LogP contribution >= 0.6 is 11.3 Å². The number of aromatic amines is 1. The lowest BCUT2D eigenvalue weighted by atomic mass is 10.2. The maximum absolute atomic E-state index is 14.5. The van der Waals surface area contributed by atoms with E-state index in [4.69, 9.17) is 4.74 Å². The van der Waals surface area contributed by atoms with Gasteiger partial charge in [-0.05, 0) is 6.07 Å². The summed E-state index contributed by atoms with van der Waals surface area (Å²) in [6.07, 6.45) is -1.36. The molecule has 0 aliphatic carbocycles. The number of thiazole rings is 1. The normalized spacial score (nSPS) is 11.5. The van der Waals surface area contributed by atoms with Crippen molar-refractivity contribution in [2.24, 2.45) is 0 Å². The molecule has 3 aromatic heterocycles. The number of hydrogen-bond acceptors (Lipinski definition) is 5. The molecule has 0 saturated heterocycles. The molecule has 32 heavy (non-hydrogen) atoms. The summed E-state index contributed by atoms with van der Waals surface area (Å²) in [5, 5.41) is 6.61. The summed E-state index contributed by atoms with van der Waals surface area (Å²) in [4.78, 5) is 22.0. The first-order valence-corrected chi connectivity index (χ1v) is 9.73. The Kier molecular flexibility index (Phi) is 5.65. The van der Waals surface area contributed by atoms with E-state index in [0.717, 1.165) is 24.4 Å². The first-order chi connectivity index (χ1) is 15.2. The number of carbonyl (C=O) groups is 1. The Morgan fingerprint density at radius 1 is 1.16 bits per heavy atom. The highest BCUT2D eigenvalue weighted by Crippen LogP contribution is 2.40. The highest BCUT2D eigenvalue weighted by molar-refractivity contribution is 7.09. The van der Waals surface area contributed by atoms with Gasteiger partial charge in [-0.25, -0.2) is 23.5 Å². The number of anilines is 1. The summed E-state index contributed by atoms with van der Waals surface area (Å²) < 4.78 is 74.0. The summed E-state index contributed by atoms with van der Waals surface area (Å²) in [5.41, 5.74) is -1.47. The van der Waals surface area contributed by atoms with Gasteiger partial charge in [0.2, 0.25) is 0 Å². The van der Waals surface area contributed by atoms with E-state index in [0.29, 0.717) is 11.2 Å². The smallest absolute Gasteiger partial charge is 0.418 e. The zero-order valence-electron chi connectivity index (χ0n) is 15.8. The summed E-state index contributed by atoms with van der Waals surface area (Å²) in [6, 6.07) is 1.89. The molecule has 3 N–H and O–H groups in total. The van der Waals surface area contributed by atoms with E-state index in [1.165, 1.54) is 11.3 Å². The third-order valence-corrected chi connectivity index (χ3v) is 4.97. The van der Waals surface area contributed by atoms with Crippen molar-refractivity contribution in [3.05, 3.63) is 64.4 Å². The predicted molar refractivity (Wildman–Crippen MR) is 106 cm³/mol. The average Bonchev–Trinajstić information content (AvgIpc) is 3.39. The second-order valence-corrected chi connectivity index (χ2v) is 7.32. The number of fused-ring (bicyclic) bond motifs is 1. The number of alkyl halides is 3. The van der Waals surface area contributed by atoms with Crippen LogP contribution in [0.2, 0.25) is 0 Å². The van der Waals surface area contributed by atoms with Gasteiger partial charge in [0.15, 0.2) is 17.4 Å². The Bertz CT molecular complexity index is 1250. The Morgan fingerprint density at radius 2 is 1.91 bits per heavy atom. The van der Waals surface area contributed by atoms with Gasteiger partial charge < -0.3 is 20.4 Å². The molecule has 4 aromatic rings. The topological polar surface area (TPSA) is 91.9 Å². The maximum atomic E-state index is 14.5. The molecule has 4 rings (SSSR count). The zero-order valence-corrected chi connectivity index (χ0v) is 16.6. The lowest BCUT2D eigenvalue weighted by Crippen LogP contribution is -2.28. The van der Waals surface area contributed by atoms with Gasteiger partial charge in [-0.15, -0.1) is 11.3 Å². The number of nitrogens with one attached hydrogen (secondary N) is 3. The third kappa shape index (κ3) is 4.46. The second-order valence-electron chi connectivity index (χ2n) is 6.34. The highest BCUT2D eigenvalue weighted by atomic mass is 32.1. The van der Waals surface area contributed by atoms with Crippen LogP contribution in [0.3, 0.4) is 0 Å². The van der Waals surface area contributed by atoms with Crippen molar-refractivity contribution in [3.8, 4) is 11.5 Å². The summed E-state index contributed by atoms with van der Waals surface area (Å²) in [5.74, 6) is -3.83. The van der Waals surface area contributed by atoms with Crippen LogP contribution in [-0.4, -0.2) is 21.0 Å². The Hall–Kier alpha value is -3.74. The quantitative estimate of drug-likeness (QED) is 0.340. The Labute approximate surface area is 180 Å². The van der Waals surface area contributed by atoms with Crippen LogP contribution in [0.1, 0.15) is 10.6 Å². The number of urea groups is 1. The summed E-state index contributed by atoms with van der Waals surface area (Å²) >= 11 is 1.32. The van der Waals surface area contributed by atoms with Gasteiger partial charge >= 0.3 is 12.2 Å². The molecule has 0 unspecified atom stereocenters. The number of nitrogens with zero attached hydrogens (tertiary/aromatic N) is 2. The first kappa shape index (κ1) is 21.5. The Balaban J connectivity index is 1.56. The van der Waals surface area contributed by atoms with Crippen molar-refractivity contribution in [3.63, 3.8) is 0 Å². The van der Waals surface area contributed by atoms with Crippen molar-refractivity contribution in [1.82, 2.24) is 20.3 Å². The van der Waals surface area contributed by atoms with E-state index < -0.39 is 46.3 Å². The van der Waals surface area contributed by atoms with Crippen molar-refractivity contribution < 1.29 is 31.5 Å². The molecule has 0 bridgehead atoms. The fourth-order valence-corrected chi connectivity index (χ4v) is 3.40. The van der Waals surface area contributed by atoms with Gasteiger partial charge in [-0.1, -0.05) is 0 Å². The maximum Gasteiger partial charge on any atom is 0.418 e. The number of aromatic nitrogens is 3. The van der Waals surface area contributed by atoms with E-state index >= 15 is 0 Å². The fourth-order valence-electron chi connectivity index (χ4n) is 2.85. The summed E-state index contributed by atoms with van der Waals surface area (Å²) in [7, 11) is 0. The lowest BCUT2D eigenvalue weighted by molar-refractivity contribution is -0.136. The van der Waals surface area contributed by atoms with Crippen molar-refractivity contribution in [2.75, 3.05) is 5.32 Å². The number of rotatable bonds is 5. The molecule has 0 aliphatic heterocycles. The van der Waals surface area contributed by atoms with E-state index in [1.807, 2.05) is 0 Å². The Morgan fingerprint density at radius 3 is 2.56 bits per heavy atom. The fraction of sp³-hybridized carbons (Fsp3) is 0.105. The van der Waals surface area contributed by atoms with Crippen LogP contribution in [0, 0.1) is 11.6 Å². The molecule has 0 spiro atoms. The summed E-state index contributed by atoms with van der Waals surface area (Å²) in [6.45, 7) is 0.117. The predicted octanol–water partition coefficient (Wildman–Crippen LogP) is 5.43. The van der Waals surface area contributed by atoms with Gasteiger partial charge in [-0.2, -0.15) is 13.2 Å². The lowest BCUT2D eigenvalue weighted by Gasteiger charge is -2.13. The van der Waals surface area contributed by atoms with Gasteiger partial charge in [0, 0.05) is 41.8 Å². The molecule has 0 aliphatic rings. The van der Waals surface area contributed by atoms with Gasteiger partial charge in [0.1, 0.15) is 16.4 Å². The number of hydrogen-bond donors (Lipinski definition) is 3. The average molecular weight is 469 g/mol. The molecule has 2 amide bonds. The monoisotopic (exact) mass is 469 g/mol. The molecule has 0 atom stereocenters. The number of H-pyrrole nitrogens is 1. The van der Waals surface area contributed by atoms with Crippen LogP contribution in [0.5, 0.6) is 11.5 Å². The molecule has 1 aromatic carbocycles. The minimum Gasteiger partial charge on any atom is -0.450 e. The molecule has 166 valence electrons. The molecule has 0 saturated carbocycles. The highest BCUT2D eigenvalue weighted by Gasteiger charge is 2.35.